The van der Waals surface area contributed by atoms with Crippen LogP contribution in [0.15, 0.2) is 18.2 Å². The molecule has 118 valence electrons. The van der Waals surface area contributed by atoms with E-state index in [2.05, 4.69) is 5.32 Å². The molecule has 1 saturated carbocycles. The minimum Gasteiger partial charge on any atom is -0.496 e. The second-order valence-electron chi connectivity index (χ2n) is 5.79. The molecule has 1 aromatic rings. The van der Waals surface area contributed by atoms with E-state index in [1.807, 2.05) is 19.1 Å². The maximum atomic E-state index is 12.2. The van der Waals surface area contributed by atoms with Crippen LogP contribution in [0.2, 0.25) is 0 Å². The summed E-state index contributed by atoms with van der Waals surface area (Å²) in [6.07, 6.45) is 5.55. The van der Waals surface area contributed by atoms with Gasteiger partial charge in [-0.1, -0.05) is 25.3 Å². The molecule has 1 fully saturated rings. The Morgan fingerprint density at radius 2 is 2.00 bits per heavy atom. The molecule has 21 heavy (non-hydrogen) atoms. The minimum atomic E-state index is -0.233. The summed E-state index contributed by atoms with van der Waals surface area (Å²) in [5, 5.41) is 2.96. The highest BCUT2D eigenvalue weighted by Gasteiger charge is 2.27. The summed E-state index contributed by atoms with van der Waals surface area (Å²) in [4.78, 5) is 12.2. The van der Waals surface area contributed by atoms with Crippen molar-refractivity contribution in [3.63, 3.8) is 0 Å². The number of halogens is 1. The van der Waals surface area contributed by atoms with Gasteiger partial charge in [-0.05, 0) is 37.5 Å². The first-order chi connectivity index (χ1) is 9.54. The molecule has 0 heterocycles. The normalized spacial score (nSPS) is 16.7. The largest absolute Gasteiger partial charge is 0.496 e. The fraction of sp³-hybridized carbons (Fsp3) is 0.562. The van der Waals surface area contributed by atoms with Gasteiger partial charge in [0.1, 0.15) is 5.75 Å². The summed E-state index contributed by atoms with van der Waals surface area (Å²) < 4.78 is 5.25. The zero-order chi connectivity index (χ0) is 14.6. The van der Waals surface area contributed by atoms with Gasteiger partial charge in [-0.3, -0.25) is 4.79 Å². The van der Waals surface area contributed by atoms with E-state index in [4.69, 9.17) is 10.5 Å². The molecule has 0 aliphatic heterocycles. The number of nitrogens with one attached hydrogen (secondary N) is 1. The van der Waals surface area contributed by atoms with Crippen molar-refractivity contribution in [1.82, 2.24) is 5.32 Å². The number of hydrogen-bond donors (Lipinski definition) is 2. The third-order valence-corrected chi connectivity index (χ3v) is 4.12. The predicted molar refractivity (Wildman–Crippen MR) is 87.3 cm³/mol. The van der Waals surface area contributed by atoms with Crippen LogP contribution in [0, 0.1) is 6.92 Å². The number of hydrogen-bond acceptors (Lipinski definition) is 3. The van der Waals surface area contributed by atoms with Crippen molar-refractivity contribution in [3.05, 3.63) is 29.3 Å². The zero-order valence-corrected chi connectivity index (χ0v) is 13.6. The second kappa shape index (κ2) is 7.66. The predicted octanol–water partition coefficient (Wildman–Crippen LogP) is 2.82. The number of ether oxygens (including phenoxy) is 1. The molecule has 1 aliphatic rings. The van der Waals surface area contributed by atoms with Gasteiger partial charge in [0.05, 0.1) is 7.11 Å². The summed E-state index contributed by atoms with van der Waals surface area (Å²) in [5.41, 5.74) is 7.73. The van der Waals surface area contributed by atoms with Gasteiger partial charge in [-0.2, -0.15) is 0 Å². The van der Waals surface area contributed by atoms with Crippen molar-refractivity contribution in [3.8, 4) is 5.75 Å². The van der Waals surface area contributed by atoms with Crippen LogP contribution in [0.5, 0.6) is 5.75 Å². The summed E-state index contributed by atoms with van der Waals surface area (Å²) >= 11 is 0. The Bertz CT molecular complexity index is 485. The smallest absolute Gasteiger partial charge is 0.251 e. The van der Waals surface area contributed by atoms with Gasteiger partial charge in [0, 0.05) is 17.6 Å². The molecular formula is C16H25ClN2O2. The Hall–Kier alpha value is -1.26. The first-order valence-electron chi connectivity index (χ1n) is 7.26. The van der Waals surface area contributed by atoms with Crippen LogP contribution < -0.4 is 15.8 Å². The quantitative estimate of drug-likeness (QED) is 0.898. The lowest BCUT2D eigenvalue weighted by Crippen LogP contribution is -2.51. The third-order valence-electron chi connectivity index (χ3n) is 4.12. The van der Waals surface area contributed by atoms with E-state index >= 15 is 0 Å². The number of amides is 1. The highest BCUT2D eigenvalue weighted by Crippen LogP contribution is 2.25. The second-order valence-corrected chi connectivity index (χ2v) is 5.79. The number of nitrogens with two attached hydrogens (primary N) is 1. The number of carbonyl (C=O) groups is 1. The van der Waals surface area contributed by atoms with Gasteiger partial charge in [-0.25, -0.2) is 0 Å². The zero-order valence-electron chi connectivity index (χ0n) is 12.8. The summed E-state index contributed by atoms with van der Waals surface area (Å²) in [6.45, 7) is 2.50. The molecule has 3 N–H and O–H groups in total. The van der Waals surface area contributed by atoms with Gasteiger partial charge in [0.15, 0.2) is 0 Å². The molecule has 5 heteroatoms. The first kappa shape index (κ1) is 17.8. The van der Waals surface area contributed by atoms with Crippen LogP contribution >= 0.6 is 12.4 Å². The topological polar surface area (TPSA) is 64.3 Å². The number of rotatable bonds is 4. The maximum absolute atomic E-state index is 12.2. The van der Waals surface area contributed by atoms with Crippen molar-refractivity contribution in [2.45, 2.75) is 44.6 Å². The van der Waals surface area contributed by atoms with Crippen molar-refractivity contribution >= 4 is 18.3 Å². The van der Waals surface area contributed by atoms with Crippen LogP contribution in [0.1, 0.15) is 48.0 Å². The van der Waals surface area contributed by atoms with Crippen LogP contribution in [0.4, 0.5) is 0 Å². The van der Waals surface area contributed by atoms with Crippen LogP contribution in [0.25, 0.3) is 0 Å². The molecule has 0 unspecified atom stereocenters. The van der Waals surface area contributed by atoms with Gasteiger partial charge < -0.3 is 15.8 Å². The molecule has 1 aliphatic carbocycles. The average molecular weight is 313 g/mol. The molecule has 0 radical (unpaired) electrons. The monoisotopic (exact) mass is 312 g/mol. The Morgan fingerprint density at radius 3 is 2.62 bits per heavy atom. The van der Waals surface area contributed by atoms with E-state index in [1.54, 1.807) is 13.2 Å². The van der Waals surface area contributed by atoms with Crippen molar-refractivity contribution in [1.29, 1.82) is 0 Å². The van der Waals surface area contributed by atoms with E-state index in [9.17, 15) is 4.79 Å². The number of carbonyl (C=O) groups excluding carboxylic acids is 1. The molecule has 4 nitrogen and oxygen atoms in total. The molecular weight excluding hydrogens is 288 g/mol. The number of methoxy groups -OCH3 is 1. The standard InChI is InChI=1S/C16H24N2O2.ClH/c1-12-6-7-13(10-14(12)20-2)15(19)18-11-16(17)8-4-3-5-9-16;/h6-7,10H,3-5,8-9,11,17H2,1-2H3,(H,18,19);1H. The van der Waals surface area contributed by atoms with Crippen LogP contribution in [0.3, 0.4) is 0 Å². The minimum absolute atomic E-state index is 0. The molecule has 2 rings (SSSR count). The highest BCUT2D eigenvalue weighted by atomic mass is 35.5. The van der Waals surface area contributed by atoms with Gasteiger partial charge in [-0.15, -0.1) is 12.4 Å². The van der Waals surface area contributed by atoms with E-state index in [-0.39, 0.29) is 23.9 Å². The van der Waals surface area contributed by atoms with E-state index in [0.29, 0.717) is 12.1 Å². The van der Waals surface area contributed by atoms with E-state index in [1.165, 1.54) is 6.42 Å². The lowest BCUT2D eigenvalue weighted by atomic mass is 9.82. The SMILES string of the molecule is COc1cc(C(=O)NCC2(N)CCCCC2)ccc1C.Cl. The Morgan fingerprint density at radius 1 is 1.33 bits per heavy atom. The van der Waals surface area contributed by atoms with Gasteiger partial charge in [0.25, 0.3) is 5.91 Å². The van der Waals surface area contributed by atoms with E-state index in [0.717, 1.165) is 37.0 Å². The molecule has 0 saturated heterocycles. The molecule has 0 bridgehead atoms. The van der Waals surface area contributed by atoms with Crippen LogP contribution in [-0.4, -0.2) is 25.1 Å². The average Bonchev–Trinajstić information content (AvgIpc) is 2.46. The third kappa shape index (κ3) is 4.61. The van der Waals surface area contributed by atoms with Crippen LogP contribution in [-0.2, 0) is 0 Å². The molecule has 0 aromatic heterocycles. The molecule has 1 aromatic carbocycles. The fourth-order valence-corrected chi connectivity index (χ4v) is 2.75. The maximum Gasteiger partial charge on any atom is 0.251 e. The molecule has 0 spiro atoms. The van der Waals surface area contributed by atoms with Gasteiger partial charge >= 0.3 is 0 Å². The van der Waals surface area contributed by atoms with Crippen molar-refractivity contribution in [2.24, 2.45) is 5.73 Å². The number of aryl methyl sites for hydroxylation is 1. The first-order valence-corrected chi connectivity index (χ1v) is 7.26. The van der Waals surface area contributed by atoms with Crippen molar-refractivity contribution in [2.75, 3.05) is 13.7 Å². The molecule has 1 amide bonds. The van der Waals surface area contributed by atoms with Gasteiger partial charge in [0.2, 0.25) is 0 Å². The Balaban J connectivity index is 0.00000220. The van der Waals surface area contributed by atoms with E-state index < -0.39 is 0 Å². The Kier molecular flexibility index (Phi) is 6.49. The number of benzene rings is 1. The summed E-state index contributed by atoms with van der Waals surface area (Å²) in [7, 11) is 1.61. The highest BCUT2D eigenvalue weighted by molar-refractivity contribution is 5.94. The fourth-order valence-electron chi connectivity index (χ4n) is 2.75. The Labute approximate surface area is 132 Å². The lowest BCUT2D eigenvalue weighted by molar-refractivity contribution is 0.0937. The lowest BCUT2D eigenvalue weighted by Gasteiger charge is -2.33. The van der Waals surface area contributed by atoms with Crippen molar-refractivity contribution < 1.29 is 9.53 Å². The summed E-state index contributed by atoms with van der Waals surface area (Å²) in [5.74, 6) is 0.650. The molecule has 0 atom stereocenters. The summed E-state index contributed by atoms with van der Waals surface area (Å²) in [6, 6.07) is 5.48.